The van der Waals surface area contributed by atoms with E-state index in [0.29, 0.717) is 0 Å². The van der Waals surface area contributed by atoms with Crippen molar-refractivity contribution in [2.45, 2.75) is 12.8 Å². The maximum absolute atomic E-state index is 5.65. The Bertz CT molecular complexity index is 313. The molecule has 1 heteroatoms. The first kappa shape index (κ1) is 6.47. The largest absolute Gasteiger partial charge is 0.399 e. The topological polar surface area (TPSA) is 26.0 Å². The van der Waals surface area contributed by atoms with Crippen LogP contribution in [0.25, 0.3) is 0 Å². The first-order valence-electron chi connectivity index (χ1n) is 3.79. The minimum Gasteiger partial charge on any atom is -0.399 e. The molecule has 0 bridgehead atoms. The Hall–Kier alpha value is -1.24. The van der Waals surface area contributed by atoms with Crippen molar-refractivity contribution in [2.24, 2.45) is 0 Å². The average Bonchev–Trinajstić information content (AvgIpc) is 2.27. The minimum absolute atomic E-state index is 0.860. The molecular formula is C10H11N. The highest BCUT2D eigenvalue weighted by Crippen LogP contribution is 2.26. The number of anilines is 1. The van der Waals surface area contributed by atoms with Gasteiger partial charge in [-0.3, -0.25) is 0 Å². The second kappa shape index (κ2) is 2.12. The summed E-state index contributed by atoms with van der Waals surface area (Å²) in [6, 6.07) is 6.10. The predicted octanol–water partition coefficient (Wildman–Crippen LogP) is 1.92. The molecule has 1 aromatic rings. The Kier molecular flexibility index (Phi) is 1.25. The molecule has 0 spiro atoms. The monoisotopic (exact) mass is 145 g/mol. The summed E-state index contributed by atoms with van der Waals surface area (Å²) in [6.07, 6.45) is 2.05. The Morgan fingerprint density at radius 2 is 1.91 bits per heavy atom. The first-order valence-corrected chi connectivity index (χ1v) is 3.79. The normalized spacial score (nSPS) is 15.1. The van der Waals surface area contributed by atoms with Crippen molar-refractivity contribution in [1.82, 2.24) is 0 Å². The van der Waals surface area contributed by atoms with Crippen molar-refractivity contribution < 1.29 is 0 Å². The van der Waals surface area contributed by atoms with E-state index in [1.54, 1.807) is 0 Å². The quantitative estimate of drug-likeness (QED) is 0.438. The summed E-state index contributed by atoms with van der Waals surface area (Å²) in [5.74, 6) is 0. The molecule has 0 amide bonds. The zero-order chi connectivity index (χ0) is 7.84. The molecule has 1 aliphatic rings. The van der Waals surface area contributed by atoms with Gasteiger partial charge in [0.1, 0.15) is 0 Å². The summed E-state index contributed by atoms with van der Waals surface area (Å²) in [4.78, 5) is 0. The van der Waals surface area contributed by atoms with Crippen molar-refractivity contribution in [3.8, 4) is 0 Å². The van der Waals surface area contributed by atoms with Crippen LogP contribution >= 0.6 is 0 Å². The second-order valence-electron chi connectivity index (χ2n) is 3.13. The summed E-state index contributed by atoms with van der Waals surface area (Å²) in [5, 5.41) is 0. The van der Waals surface area contributed by atoms with Crippen LogP contribution in [0.15, 0.2) is 30.4 Å². The summed E-state index contributed by atoms with van der Waals surface area (Å²) >= 11 is 0. The van der Waals surface area contributed by atoms with Gasteiger partial charge in [0, 0.05) is 5.69 Å². The van der Waals surface area contributed by atoms with Gasteiger partial charge >= 0.3 is 0 Å². The van der Waals surface area contributed by atoms with Crippen molar-refractivity contribution in [2.75, 3.05) is 5.73 Å². The summed E-state index contributed by atoms with van der Waals surface area (Å²) in [7, 11) is 0. The van der Waals surface area contributed by atoms with Gasteiger partial charge in [0.15, 0.2) is 0 Å². The lowest BCUT2D eigenvalue weighted by atomic mass is 10.1. The highest BCUT2D eigenvalue weighted by molar-refractivity contribution is 5.49. The third-order valence-electron chi connectivity index (χ3n) is 2.11. The third-order valence-corrected chi connectivity index (χ3v) is 2.11. The number of fused-ring (bicyclic) bond motifs is 1. The van der Waals surface area contributed by atoms with Crippen LogP contribution in [0.4, 0.5) is 5.69 Å². The van der Waals surface area contributed by atoms with Gasteiger partial charge in [0.25, 0.3) is 0 Å². The second-order valence-corrected chi connectivity index (χ2v) is 3.13. The molecule has 0 aromatic heterocycles. The molecule has 2 rings (SSSR count). The number of hydrogen-bond donors (Lipinski definition) is 1. The number of benzene rings is 1. The molecule has 0 radical (unpaired) electrons. The van der Waals surface area contributed by atoms with Crippen molar-refractivity contribution in [3.63, 3.8) is 0 Å². The average molecular weight is 145 g/mol. The molecule has 2 N–H and O–H groups in total. The van der Waals surface area contributed by atoms with Crippen molar-refractivity contribution in [1.29, 1.82) is 0 Å². The van der Waals surface area contributed by atoms with E-state index in [9.17, 15) is 0 Å². The van der Waals surface area contributed by atoms with Gasteiger partial charge in [-0.1, -0.05) is 18.2 Å². The van der Waals surface area contributed by atoms with Crippen LogP contribution in [0.3, 0.4) is 0 Å². The number of hydrogen-bond acceptors (Lipinski definition) is 1. The summed E-state index contributed by atoms with van der Waals surface area (Å²) in [6.45, 7) is 3.96. The lowest BCUT2D eigenvalue weighted by Crippen LogP contribution is -1.87. The third kappa shape index (κ3) is 1.03. The number of nitrogen functional groups attached to an aromatic ring is 1. The lowest BCUT2D eigenvalue weighted by Gasteiger charge is -1.97. The van der Waals surface area contributed by atoms with Crippen LogP contribution in [0, 0.1) is 0 Å². The molecule has 0 saturated carbocycles. The number of rotatable bonds is 0. The van der Waals surface area contributed by atoms with E-state index in [1.807, 2.05) is 12.1 Å². The molecule has 1 nitrogen and oxygen atoms in total. The fourth-order valence-electron chi connectivity index (χ4n) is 1.58. The van der Waals surface area contributed by atoms with Gasteiger partial charge in [-0.25, -0.2) is 0 Å². The maximum atomic E-state index is 5.65. The van der Waals surface area contributed by atoms with E-state index in [1.165, 1.54) is 16.7 Å². The van der Waals surface area contributed by atoms with Gasteiger partial charge in [0.05, 0.1) is 0 Å². The maximum Gasteiger partial charge on any atom is 0.0317 e. The van der Waals surface area contributed by atoms with Crippen LogP contribution in [-0.4, -0.2) is 0 Å². The first-order chi connectivity index (χ1) is 5.25. The van der Waals surface area contributed by atoms with Gasteiger partial charge < -0.3 is 5.73 Å². The molecule has 0 aliphatic heterocycles. The molecule has 0 unspecified atom stereocenters. The fraction of sp³-hybridized carbons (Fsp3) is 0.200. The molecule has 0 fully saturated rings. The van der Waals surface area contributed by atoms with Gasteiger partial charge in [-0.05, 0) is 36.1 Å². The van der Waals surface area contributed by atoms with Crippen molar-refractivity contribution >= 4 is 5.69 Å². The van der Waals surface area contributed by atoms with E-state index in [2.05, 4.69) is 12.6 Å². The zero-order valence-electron chi connectivity index (χ0n) is 6.43. The van der Waals surface area contributed by atoms with Crippen LogP contribution in [0.5, 0.6) is 0 Å². The van der Waals surface area contributed by atoms with E-state index in [-0.39, 0.29) is 0 Å². The van der Waals surface area contributed by atoms with E-state index in [0.717, 1.165) is 18.5 Å². The molecule has 11 heavy (non-hydrogen) atoms. The van der Waals surface area contributed by atoms with Crippen LogP contribution in [-0.2, 0) is 12.8 Å². The smallest absolute Gasteiger partial charge is 0.0317 e. The van der Waals surface area contributed by atoms with Gasteiger partial charge in [-0.15, -0.1) is 0 Å². The van der Waals surface area contributed by atoms with Gasteiger partial charge in [-0.2, -0.15) is 0 Å². The molecule has 1 aliphatic carbocycles. The van der Waals surface area contributed by atoms with Crippen molar-refractivity contribution in [3.05, 3.63) is 41.5 Å². The molecule has 56 valence electrons. The Balaban J connectivity index is 2.51. The number of allylic oxidation sites excluding steroid dienone is 1. The molecule has 1 aromatic carbocycles. The zero-order valence-corrected chi connectivity index (χ0v) is 6.43. The molecule has 0 heterocycles. The summed E-state index contributed by atoms with van der Waals surface area (Å²) < 4.78 is 0. The minimum atomic E-state index is 0.860. The van der Waals surface area contributed by atoms with Crippen LogP contribution in [0.2, 0.25) is 0 Å². The van der Waals surface area contributed by atoms with Crippen LogP contribution < -0.4 is 5.73 Å². The Morgan fingerprint density at radius 1 is 1.18 bits per heavy atom. The summed E-state index contributed by atoms with van der Waals surface area (Å²) in [5.41, 5.74) is 10.6. The van der Waals surface area contributed by atoms with E-state index in [4.69, 9.17) is 5.73 Å². The molecular weight excluding hydrogens is 134 g/mol. The molecule has 0 saturated heterocycles. The lowest BCUT2D eigenvalue weighted by molar-refractivity contribution is 1.19. The highest BCUT2D eigenvalue weighted by Gasteiger charge is 2.12. The molecule has 0 atom stereocenters. The fourth-order valence-corrected chi connectivity index (χ4v) is 1.58. The highest BCUT2D eigenvalue weighted by atomic mass is 14.5. The van der Waals surface area contributed by atoms with E-state index >= 15 is 0 Å². The number of nitrogens with two attached hydrogens (primary N) is 1. The SMILES string of the molecule is C=C1Cc2ccc(N)cc2C1. The Morgan fingerprint density at radius 3 is 2.73 bits per heavy atom. The standard InChI is InChI=1S/C10H11N/c1-7-4-8-2-3-10(11)6-9(8)5-7/h2-3,6H,1,4-5,11H2. The van der Waals surface area contributed by atoms with E-state index < -0.39 is 0 Å². The van der Waals surface area contributed by atoms with Crippen LogP contribution in [0.1, 0.15) is 11.1 Å². The Labute approximate surface area is 66.5 Å². The predicted molar refractivity (Wildman–Crippen MR) is 47.4 cm³/mol. The van der Waals surface area contributed by atoms with Gasteiger partial charge in [0.2, 0.25) is 0 Å².